The predicted molar refractivity (Wildman–Crippen MR) is 41.1 cm³/mol. The average Bonchev–Trinajstić information content (AvgIpc) is 1.83. The van der Waals surface area contributed by atoms with Crippen molar-refractivity contribution in [2.45, 2.75) is 12.4 Å². The van der Waals surface area contributed by atoms with E-state index in [9.17, 15) is 26.1 Å². The SMILES string of the molecule is C=C(C)[S+]([O-])NS(=O)(=O)C(F)(F)F. The largest absolute Gasteiger partial charge is 0.592 e. The molecular weight excluding hydrogens is 231 g/mol. The zero-order valence-corrected chi connectivity index (χ0v) is 8.02. The van der Waals surface area contributed by atoms with Gasteiger partial charge in [0.05, 0.1) is 11.4 Å². The van der Waals surface area contributed by atoms with Gasteiger partial charge in [-0.15, -0.1) is 0 Å². The van der Waals surface area contributed by atoms with Gasteiger partial charge in [0.25, 0.3) is 0 Å². The van der Waals surface area contributed by atoms with E-state index in [-0.39, 0.29) is 4.91 Å². The minimum Gasteiger partial charge on any atom is -0.592 e. The van der Waals surface area contributed by atoms with Gasteiger partial charge in [-0.25, -0.2) is 0 Å². The number of halogens is 3. The number of alkyl halides is 3. The Kier molecular flexibility index (Phi) is 3.79. The lowest BCUT2D eigenvalue weighted by atomic mass is 10.8. The maximum Gasteiger partial charge on any atom is 0.515 e. The van der Waals surface area contributed by atoms with Crippen LogP contribution in [0.4, 0.5) is 13.2 Å². The second-order valence-corrected chi connectivity index (χ2v) is 5.37. The van der Waals surface area contributed by atoms with E-state index in [0.29, 0.717) is 0 Å². The van der Waals surface area contributed by atoms with Gasteiger partial charge in [-0.3, -0.25) is 0 Å². The zero-order valence-electron chi connectivity index (χ0n) is 6.38. The summed E-state index contributed by atoms with van der Waals surface area (Å²) in [5, 5.41) is 0. The normalized spacial score (nSPS) is 15.5. The van der Waals surface area contributed by atoms with E-state index in [1.54, 1.807) is 0 Å². The van der Waals surface area contributed by atoms with E-state index in [0.717, 1.165) is 11.1 Å². The van der Waals surface area contributed by atoms with Crippen LogP contribution in [0.5, 0.6) is 0 Å². The van der Waals surface area contributed by atoms with E-state index in [1.165, 1.54) is 0 Å². The van der Waals surface area contributed by atoms with E-state index in [2.05, 4.69) is 6.58 Å². The predicted octanol–water partition coefficient (Wildman–Crippen LogP) is 0.623. The standard InChI is InChI=1S/C4H6F3NO3S2/c1-3(2)12(9)8-13(10,11)4(5,6)7/h8H,1H2,2H3. The summed E-state index contributed by atoms with van der Waals surface area (Å²) < 4.78 is 67.1. The van der Waals surface area contributed by atoms with E-state index in [1.807, 2.05) is 0 Å². The average molecular weight is 237 g/mol. The summed E-state index contributed by atoms with van der Waals surface area (Å²) in [6, 6.07) is 0. The molecule has 0 aromatic heterocycles. The van der Waals surface area contributed by atoms with E-state index < -0.39 is 26.9 Å². The number of hydrogen-bond acceptors (Lipinski definition) is 3. The number of sulfonamides is 1. The Balaban J connectivity index is 4.64. The van der Waals surface area contributed by atoms with Crippen molar-refractivity contribution in [2.75, 3.05) is 0 Å². The maximum absolute atomic E-state index is 11.6. The zero-order chi connectivity index (χ0) is 10.9. The van der Waals surface area contributed by atoms with Gasteiger partial charge in [-0.2, -0.15) is 21.6 Å². The molecule has 9 heteroatoms. The van der Waals surface area contributed by atoms with Crippen LogP contribution in [0.1, 0.15) is 6.92 Å². The Labute approximate surface area is 76.2 Å². The molecule has 0 aromatic rings. The van der Waals surface area contributed by atoms with E-state index in [4.69, 9.17) is 0 Å². The summed E-state index contributed by atoms with van der Waals surface area (Å²) in [4.78, 5) is -0.215. The molecule has 0 aliphatic carbocycles. The Bertz CT molecular complexity index is 296. The molecule has 0 aliphatic heterocycles. The van der Waals surface area contributed by atoms with Crippen molar-refractivity contribution in [3.63, 3.8) is 0 Å². The van der Waals surface area contributed by atoms with Gasteiger partial charge in [0.15, 0.2) is 0 Å². The van der Waals surface area contributed by atoms with Crippen molar-refractivity contribution in [1.29, 1.82) is 0 Å². The van der Waals surface area contributed by atoms with E-state index >= 15 is 0 Å². The Hall–Kier alpha value is -0.250. The minimum atomic E-state index is -5.55. The van der Waals surface area contributed by atoms with Crippen LogP contribution in [0.15, 0.2) is 11.5 Å². The molecule has 0 aromatic carbocycles. The second-order valence-electron chi connectivity index (χ2n) is 2.00. The maximum atomic E-state index is 11.6. The molecule has 1 atom stereocenters. The summed E-state index contributed by atoms with van der Waals surface area (Å²) in [6.45, 7) is 4.16. The lowest BCUT2D eigenvalue weighted by Crippen LogP contribution is -2.40. The molecule has 0 saturated heterocycles. The van der Waals surface area contributed by atoms with Crippen molar-refractivity contribution in [1.82, 2.24) is 4.13 Å². The lowest BCUT2D eigenvalue weighted by molar-refractivity contribution is -0.0441. The molecule has 0 spiro atoms. The van der Waals surface area contributed by atoms with Crippen molar-refractivity contribution < 1.29 is 26.1 Å². The third-order valence-corrected chi connectivity index (χ3v) is 3.53. The first-order valence-corrected chi connectivity index (χ1v) is 5.37. The van der Waals surface area contributed by atoms with Gasteiger partial charge < -0.3 is 4.55 Å². The lowest BCUT2D eigenvalue weighted by Gasteiger charge is -2.11. The molecule has 0 aliphatic rings. The van der Waals surface area contributed by atoms with Crippen LogP contribution in [0.25, 0.3) is 0 Å². The van der Waals surface area contributed by atoms with Crippen molar-refractivity contribution in [3.8, 4) is 0 Å². The van der Waals surface area contributed by atoms with Crippen molar-refractivity contribution in [2.24, 2.45) is 0 Å². The van der Waals surface area contributed by atoms with Crippen LogP contribution in [0.2, 0.25) is 0 Å². The first kappa shape index (κ1) is 12.8. The molecule has 4 nitrogen and oxygen atoms in total. The quantitative estimate of drug-likeness (QED) is 0.732. The summed E-state index contributed by atoms with van der Waals surface area (Å²) in [5.41, 5.74) is -5.46. The molecule has 0 heterocycles. The summed E-state index contributed by atoms with van der Waals surface area (Å²) >= 11 is -2.44. The number of rotatable bonds is 3. The first-order valence-electron chi connectivity index (χ1n) is 2.74. The van der Waals surface area contributed by atoms with Gasteiger partial charge >= 0.3 is 15.5 Å². The molecule has 0 fully saturated rings. The molecule has 1 unspecified atom stereocenters. The molecule has 0 bridgehead atoms. The highest BCUT2D eigenvalue weighted by molar-refractivity contribution is 8.06. The van der Waals surface area contributed by atoms with Crippen LogP contribution in [-0.2, 0) is 21.4 Å². The number of allylic oxidation sites excluding steroid dienone is 1. The fourth-order valence-electron chi connectivity index (χ4n) is 0.218. The highest BCUT2D eigenvalue weighted by atomic mass is 32.3. The van der Waals surface area contributed by atoms with Gasteiger partial charge in [-0.1, -0.05) is 0 Å². The van der Waals surface area contributed by atoms with Crippen LogP contribution < -0.4 is 4.13 Å². The summed E-state index contributed by atoms with van der Waals surface area (Å²) in [5.74, 6) is 0. The number of nitrogens with one attached hydrogen (secondary N) is 1. The Morgan fingerprint density at radius 3 is 2.15 bits per heavy atom. The summed E-state index contributed by atoms with van der Waals surface area (Å²) in [6.07, 6.45) is 0. The monoisotopic (exact) mass is 237 g/mol. The fraction of sp³-hybridized carbons (Fsp3) is 0.500. The fourth-order valence-corrected chi connectivity index (χ4v) is 1.96. The van der Waals surface area contributed by atoms with Crippen molar-refractivity contribution >= 4 is 21.4 Å². The van der Waals surface area contributed by atoms with Gasteiger partial charge in [-0.05, 0) is 10.7 Å². The molecule has 1 N–H and O–H groups in total. The van der Waals surface area contributed by atoms with Gasteiger partial charge in [0, 0.05) is 6.92 Å². The third kappa shape index (κ3) is 3.55. The highest BCUT2D eigenvalue weighted by Gasteiger charge is 2.48. The smallest absolute Gasteiger partial charge is 0.515 e. The van der Waals surface area contributed by atoms with Crippen LogP contribution in [-0.4, -0.2) is 18.5 Å². The molecule has 0 amide bonds. The third-order valence-electron chi connectivity index (χ3n) is 0.807. The Morgan fingerprint density at radius 2 is 1.92 bits per heavy atom. The van der Waals surface area contributed by atoms with Crippen LogP contribution in [0.3, 0.4) is 0 Å². The second kappa shape index (κ2) is 3.86. The van der Waals surface area contributed by atoms with Crippen LogP contribution >= 0.6 is 0 Å². The molecule has 78 valence electrons. The molecule has 0 radical (unpaired) electrons. The minimum absolute atomic E-state index is 0.215. The number of hydrogen-bond donors (Lipinski definition) is 1. The van der Waals surface area contributed by atoms with Gasteiger partial charge in [0.2, 0.25) is 0 Å². The van der Waals surface area contributed by atoms with Gasteiger partial charge in [0.1, 0.15) is 4.91 Å². The molecule has 0 saturated carbocycles. The van der Waals surface area contributed by atoms with Crippen molar-refractivity contribution in [3.05, 3.63) is 11.5 Å². The topological polar surface area (TPSA) is 69.2 Å². The Morgan fingerprint density at radius 1 is 1.54 bits per heavy atom. The molecule has 13 heavy (non-hydrogen) atoms. The van der Waals surface area contributed by atoms with Crippen LogP contribution in [0, 0.1) is 0 Å². The molecule has 0 rings (SSSR count). The first-order chi connectivity index (χ1) is 5.58. The molecular formula is C4H6F3NO3S2. The highest BCUT2D eigenvalue weighted by Crippen LogP contribution is 2.22. The summed E-state index contributed by atoms with van der Waals surface area (Å²) in [7, 11) is -5.55.